The van der Waals surface area contributed by atoms with E-state index in [9.17, 15) is 4.79 Å². The van der Waals surface area contributed by atoms with Crippen LogP contribution in [0.25, 0.3) is 28.2 Å². The van der Waals surface area contributed by atoms with Crippen molar-refractivity contribution in [3.8, 4) is 34.0 Å². The van der Waals surface area contributed by atoms with Crippen molar-refractivity contribution >= 4 is 17.7 Å². The van der Waals surface area contributed by atoms with Gasteiger partial charge >= 0.3 is 5.97 Å². The van der Waals surface area contributed by atoms with E-state index in [-0.39, 0.29) is 6.61 Å². The van der Waals surface area contributed by atoms with Crippen molar-refractivity contribution in [1.29, 1.82) is 0 Å². The summed E-state index contributed by atoms with van der Waals surface area (Å²) in [6.07, 6.45) is 2.85. The number of hydrogen-bond acceptors (Lipinski definition) is 4. The smallest absolute Gasteiger partial charge is 0.341 e. The van der Waals surface area contributed by atoms with Crippen LogP contribution in [-0.4, -0.2) is 33.0 Å². The minimum Gasteiger partial charge on any atom is -0.482 e. The second-order valence-electron chi connectivity index (χ2n) is 9.99. The largest absolute Gasteiger partial charge is 0.482 e. The summed E-state index contributed by atoms with van der Waals surface area (Å²) in [5.74, 6) is 1.16. The Bertz CT molecular complexity index is 1600. The van der Waals surface area contributed by atoms with Crippen molar-refractivity contribution in [2.75, 3.05) is 12.4 Å². The molecule has 6 rings (SSSR count). The molecule has 1 N–H and O–H groups in total. The summed E-state index contributed by atoms with van der Waals surface area (Å²) in [5, 5.41) is 10.0. The summed E-state index contributed by atoms with van der Waals surface area (Å²) in [4.78, 5) is 16.3. The van der Waals surface area contributed by atoms with Gasteiger partial charge in [-0.05, 0) is 54.5 Å². The minimum absolute atomic E-state index is 0.314. The van der Waals surface area contributed by atoms with Crippen molar-refractivity contribution in [1.82, 2.24) is 9.55 Å². The van der Waals surface area contributed by atoms with E-state index >= 15 is 0 Å². The molecule has 40 heavy (non-hydrogen) atoms. The summed E-state index contributed by atoms with van der Waals surface area (Å²) in [6, 6.07) is 37.4. The number of hydrogen-bond donors (Lipinski definition) is 1. The fourth-order valence-corrected chi connectivity index (χ4v) is 6.58. The lowest BCUT2D eigenvalue weighted by molar-refractivity contribution is -0.139. The molecule has 0 fully saturated rings. The molecule has 200 valence electrons. The van der Waals surface area contributed by atoms with Gasteiger partial charge in [-0.25, -0.2) is 9.78 Å². The van der Waals surface area contributed by atoms with Crippen LogP contribution in [0.1, 0.15) is 17.5 Å². The maximum Gasteiger partial charge on any atom is 0.341 e. The SMILES string of the molecule is O=C(O)COc1cccc2c1CC[C@H](CSc1nc(-c3ccccc3)c(-c3ccccc3)n1-c1ccccc1)C2. The maximum absolute atomic E-state index is 11.0. The topological polar surface area (TPSA) is 64.3 Å². The van der Waals surface area contributed by atoms with Crippen molar-refractivity contribution in [2.24, 2.45) is 5.92 Å². The number of carboxylic acid groups (broad SMARTS) is 1. The number of nitrogens with zero attached hydrogens (tertiary/aromatic N) is 2. The Hall–Kier alpha value is -4.29. The number of carboxylic acids is 1. The van der Waals surface area contributed by atoms with Crippen molar-refractivity contribution in [2.45, 2.75) is 24.4 Å². The Morgan fingerprint density at radius 3 is 2.25 bits per heavy atom. The molecule has 0 radical (unpaired) electrons. The molecule has 1 atom stereocenters. The Labute approximate surface area is 238 Å². The van der Waals surface area contributed by atoms with E-state index in [0.717, 1.165) is 63.9 Å². The van der Waals surface area contributed by atoms with Gasteiger partial charge in [-0.1, -0.05) is 103 Å². The fraction of sp³-hybridized carbons (Fsp3) is 0.176. The van der Waals surface area contributed by atoms with E-state index < -0.39 is 5.97 Å². The van der Waals surface area contributed by atoms with E-state index in [2.05, 4.69) is 83.4 Å². The first kappa shape index (κ1) is 26.0. The quantitative estimate of drug-likeness (QED) is 0.193. The van der Waals surface area contributed by atoms with Crippen LogP contribution < -0.4 is 4.74 Å². The fourth-order valence-electron chi connectivity index (χ4n) is 5.43. The highest BCUT2D eigenvalue weighted by molar-refractivity contribution is 7.99. The predicted octanol–water partition coefficient (Wildman–Crippen LogP) is 7.57. The Morgan fingerprint density at radius 1 is 0.875 bits per heavy atom. The molecule has 0 unspecified atom stereocenters. The molecule has 0 amide bonds. The average Bonchev–Trinajstić information content (AvgIpc) is 3.39. The maximum atomic E-state index is 11.0. The molecule has 6 heteroatoms. The summed E-state index contributed by atoms with van der Waals surface area (Å²) in [5.41, 5.74) is 7.79. The van der Waals surface area contributed by atoms with Gasteiger partial charge in [0.2, 0.25) is 0 Å². The Kier molecular flexibility index (Phi) is 7.69. The highest BCUT2D eigenvalue weighted by Crippen LogP contribution is 2.40. The molecule has 1 aliphatic carbocycles. The van der Waals surface area contributed by atoms with Crippen LogP contribution in [0.2, 0.25) is 0 Å². The third-order valence-corrected chi connectivity index (χ3v) is 8.47. The average molecular weight is 547 g/mol. The van der Waals surface area contributed by atoms with E-state index in [1.165, 1.54) is 5.56 Å². The number of thioether (sulfide) groups is 1. The lowest BCUT2D eigenvalue weighted by Crippen LogP contribution is -2.18. The number of imidazole rings is 1. The van der Waals surface area contributed by atoms with Gasteiger partial charge in [0.05, 0.1) is 11.4 Å². The minimum atomic E-state index is -0.957. The number of aromatic nitrogens is 2. The molecule has 1 aliphatic rings. The van der Waals surface area contributed by atoms with Gasteiger partial charge in [-0.3, -0.25) is 4.57 Å². The first-order valence-electron chi connectivity index (χ1n) is 13.5. The first-order valence-corrected chi connectivity index (χ1v) is 14.5. The number of fused-ring (bicyclic) bond motifs is 1. The number of carbonyl (C=O) groups is 1. The standard InChI is InChI=1S/C34H30N2O3S/c37-31(38)22-39-30-18-10-15-27-21-24(19-20-29(27)30)23-40-34-35-32(25-11-4-1-5-12-25)33(26-13-6-2-7-14-26)36(34)28-16-8-3-9-17-28/h1-18,24H,19-23H2,(H,37,38)/t24-/m0/s1. The van der Waals surface area contributed by atoms with E-state index in [1.807, 2.05) is 42.1 Å². The van der Waals surface area contributed by atoms with Crippen molar-refractivity contribution < 1.29 is 14.6 Å². The molecular formula is C34H30N2O3S. The molecular weight excluding hydrogens is 516 g/mol. The highest BCUT2D eigenvalue weighted by Gasteiger charge is 2.25. The zero-order chi connectivity index (χ0) is 27.3. The van der Waals surface area contributed by atoms with Gasteiger partial charge in [-0.2, -0.15) is 0 Å². The van der Waals surface area contributed by atoms with Crippen LogP contribution in [0.5, 0.6) is 5.75 Å². The molecule has 1 heterocycles. The van der Waals surface area contributed by atoms with E-state index in [0.29, 0.717) is 11.7 Å². The van der Waals surface area contributed by atoms with Gasteiger partial charge < -0.3 is 9.84 Å². The third-order valence-electron chi connectivity index (χ3n) is 7.30. The van der Waals surface area contributed by atoms with E-state index in [4.69, 9.17) is 14.8 Å². The molecule has 0 saturated heterocycles. The number of rotatable bonds is 9. The van der Waals surface area contributed by atoms with Gasteiger partial charge in [0, 0.05) is 22.6 Å². The van der Waals surface area contributed by atoms with Crippen LogP contribution in [0.15, 0.2) is 114 Å². The number of aliphatic carboxylic acids is 1. The summed E-state index contributed by atoms with van der Waals surface area (Å²) < 4.78 is 7.88. The molecule has 5 nitrogen and oxygen atoms in total. The van der Waals surface area contributed by atoms with Crippen LogP contribution in [0.4, 0.5) is 0 Å². The predicted molar refractivity (Wildman–Crippen MR) is 160 cm³/mol. The van der Waals surface area contributed by atoms with Gasteiger partial charge in [0.1, 0.15) is 5.75 Å². The molecule has 0 saturated carbocycles. The molecule has 5 aromatic rings. The monoisotopic (exact) mass is 546 g/mol. The molecule has 1 aromatic heterocycles. The molecule has 4 aromatic carbocycles. The second kappa shape index (κ2) is 11.8. The first-order chi connectivity index (χ1) is 19.7. The van der Waals surface area contributed by atoms with Gasteiger partial charge in [0.15, 0.2) is 11.8 Å². The zero-order valence-corrected chi connectivity index (χ0v) is 22.9. The van der Waals surface area contributed by atoms with Gasteiger partial charge in [-0.15, -0.1) is 0 Å². The molecule has 0 aliphatic heterocycles. The lowest BCUT2D eigenvalue weighted by atomic mass is 9.84. The number of ether oxygens (including phenoxy) is 1. The summed E-state index contributed by atoms with van der Waals surface area (Å²) in [7, 11) is 0. The van der Waals surface area contributed by atoms with E-state index in [1.54, 1.807) is 0 Å². The van der Waals surface area contributed by atoms with Crippen LogP contribution in [0, 0.1) is 5.92 Å². The summed E-state index contributed by atoms with van der Waals surface area (Å²) >= 11 is 1.81. The highest BCUT2D eigenvalue weighted by atomic mass is 32.2. The van der Waals surface area contributed by atoms with Crippen molar-refractivity contribution in [3.63, 3.8) is 0 Å². The zero-order valence-electron chi connectivity index (χ0n) is 22.1. The second-order valence-corrected chi connectivity index (χ2v) is 11.0. The number of para-hydroxylation sites is 1. The Balaban J connectivity index is 1.33. The van der Waals surface area contributed by atoms with Crippen molar-refractivity contribution in [3.05, 3.63) is 120 Å². The summed E-state index contributed by atoms with van der Waals surface area (Å²) in [6.45, 7) is -0.314. The molecule has 0 spiro atoms. The van der Waals surface area contributed by atoms with Crippen LogP contribution >= 0.6 is 11.8 Å². The lowest BCUT2D eigenvalue weighted by Gasteiger charge is -2.26. The number of benzene rings is 4. The molecule has 0 bridgehead atoms. The van der Waals surface area contributed by atoms with Crippen LogP contribution in [-0.2, 0) is 17.6 Å². The van der Waals surface area contributed by atoms with Crippen LogP contribution in [0.3, 0.4) is 0 Å². The third kappa shape index (κ3) is 5.54. The van der Waals surface area contributed by atoms with Gasteiger partial charge in [0.25, 0.3) is 0 Å². The Morgan fingerprint density at radius 2 is 1.55 bits per heavy atom. The normalized spacial score (nSPS) is 14.4.